The highest BCUT2D eigenvalue weighted by molar-refractivity contribution is 7.98. The van der Waals surface area contributed by atoms with Crippen LogP contribution >= 0.6 is 11.8 Å². The Labute approximate surface area is 168 Å². The largest absolute Gasteiger partial charge is 0.497 e. The SMILES string of the molecule is CCCCn1c(SCc2occc2C(=O)OC)nnc1-c1ccc(OC)cc1. The predicted molar refractivity (Wildman–Crippen MR) is 107 cm³/mol. The Hall–Kier alpha value is -2.74. The van der Waals surface area contributed by atoms with E-state index in [4.69, 9.17) is 13.9 Å². The van der Waals surface area contributed by atoms with Crippen LogP contribution in [0.25, 0.3) is 11.4 Å². The van der Waals surface area contributed by atoms with Crippen molar-refractivity contribution in [1.82, 2.24) is 14.8 Å². The zero-order valence-electron chi connectivity index (χ0n) is 16.2. The van der Waals surface area contributed by atoms with Crippen molar-refractivity contribution in [3.63, 3.8) is 0 Å². The van der Waals surface area contributed by atoms with Gasteiger partial charge in [-0.1, -0.05) is 25.1 Å². The summed E-state index contributed by atoms with van der Waals surface area (Å²) in [5, 5.41) is 9.55. The molecule has 1 aromatic carbocycles. The van der Waals surface area contributed by atoms with Gasteiger partial charge in [0.1, 0.15) is 17.1 Å². The Bertz CT molecular complexity index is 918. The fourth-order valence-electron chi connectivity index (χ4n) is 2.74. The van der Waals surface area contributed by atoms with Gasteiger partial charge in [-0.05, 0) is 36.8 Å². The molecule has 0 unspecified atom stereocenters. The van der Waals surface area contributed by atoms with Crippen molar-refractivity contribution in [1.29, 1.82) is 0 Å². The van der Waals surface area contributed by atoms with E-state index in [0.29, 0.717) is 17.1 Å². The summed E-state index contributed by atoms with van der Waals surface area (Å²) in [7, 11) is 3.00. The lowest BCUT2D eigenvalue weighted by Gasteiger charge is -2.10. The second kappa shape index (κ2) is 9.45. The van der Waals surface area contributed by atoms with Crippen LogP contribution in [0.1, 0.15) is 35.9 Å². The highest BCUT2D eigenvalue weighted by Gasteiger charge is 2.18. The number of aromatic nitrogens is 3. The summed E-state index contributed by atoms with van der Waals surface area (Å²) in [6.45, 7) is 2.96. The lowest BCUT2D eigenvalue weighted by atomic mass is 10.2. The topological polar surface area (TPSA) is 79.4 Å². The number of hydrogen-bond acceptors (Lipinski definition) is 7. The Morgan fingerprint density at radius 1 is 1.18 bits per heavy atom. The standard InChI is InChI=1S/C20H23N3O4S/c1-4-5-11-23-18(14-6-8-15(25-2)9-7-14)21-22-20(23)28-13-17-16(10-12-27-17)19(24)26-3/h6-10,12H,4-5,11,13H2,1-3H3. The maximum Gasteiger partial charge on any atom is 0.341 e. The molecular weight excluding hydrogens is 378 g/mol. The Balaban J connectivity index is 1.83. The molecule has 0 aliphatic heterocycles. The minimum absolute atomic E-state index is 0.407. The zero-order valence-corrected chi connectivity index (χ0v) is 17.0. The van der Waals surface area contributed by atoms with Gasteiger partial charge in [0.05, 0.1) is 26.2 Å². The van der Waals surface area contributed by atoms with Crippen molar-refractivity contribution in [3.8, 4) is 17.1 Å². The summed E-state index contributed by atoms with van der Waals surface area (Å²) in [6, 6.07) is 9.38. The van der Waals surface area contributed by atoms with Gasteiger partial charge in [-0.25, -0.2) is 4.79 Å². The molecule has 2 heterocycles. The summed E-state index contributed by atoms with van der Waals surface area (Å²) in [5.74, 6) is 2.23. The van der Waals surface area contributed by atoms with Crippen molar-refractivity contribution in [2.75, 3.05) is 14.2 Å². The van der Waals surface area contributed by atoms with E-state index in [9.17, 15) is 4.79 Å². The maximum atomic E-state index is 11.8. The average Bonchev–Trinajstić information content (AvgIpc) is 3.36. The second-order valence-corrected chi connectivity index (χ2v) is 7.02. The maximum absolute atomic E-state index is 11.8. The van der Waals surface area contributed by atoms with Crippen LogP contribution in [0.4, 0.5) is 0 Å². The van der Waals surface area contributed by atoms with Crippen LogP contribution in [0, 0.1) is 0 Å². The third kappa shape index (κ3) is 4.39. The zero-order chi connectivity index (χ0) is 19.9. The molecule has 3 rings (SSSR count). The molecule has 7 nitrogen and oxygen atoms in total. The van der Waals surface area contributed by atoms with Crippen LogP contribution in [0.3, 0.4) is 0 Å². The fraction of sp³-hybridized carbons (Fsp3) is 0.350. The molecule has 148 valence electrons. The summed E-state index contributed by atoms with van der Waals surface area (Å²) in [5.41, 5.74) is 1.41. The summed E-state index contributed by atoms with van der Waals surface area (Å²) in [6.07, 6.45) is 3.57. The lowest BCUT2D eigenvalue weighted by Crippen LogP contribution is -2.04. The van der Waals surface area contributed by atoms with E-state index in [2.05, 4.69) is 21.7 Å². The number of esters is 1. The van der Waals surface area contributed by atoms with Gasteiger partial charge in [0.2, 0.25) is 0 Å². The van der Waals surface area contributed by atoms with Gasteiger partial charge in [-0.3, -0.25) is 0 Å². The number of furan rings is 1. The number of benzene rings is 1. The molecule has 0 radical (unpaired) electrons. The molecule has 0 spiro atoms. The van der Waals surface area contributed by atoms with E-state index in [0.717, 1.165) is 41.7 Å². The van der Waals surface area contributed by atoms with E-state index >= 15 is 0 Å². The number of carbonyl (C=O) groups is 1. The molecule has 0 fully saturated rings. The first-order valence-corrected chi connectivity index (χ1v) is 10.0. The minimum Gasteiger partial charge on any atom is -0.497 e. The van der Waals surface area contributed by atoms with Crippen molar-refractivity contribution in [2.24, 2.45) is 0 Å². The number of carbonyl (C=O) groups excluding carboxylic acids is 1. The number of thioether (sulfide) groups is 1. The monoisotopic (exact) mass is 401 g/mol. The molecule has 0 aliphatic rings. The van der Waals surface area contributed by atoms with Gasteiger partial charge in [0.25, 0.3) is 0 Å². The Kier molecular flexibility index (Phi) is 6.76. The third-order valence-corrected chi connectivity index (χ3v) is 5.25. The number of nitrogens with zero attached hydrogens (tertiary/aromatic N) is 3. The predicted octanol–water partition coefficient (Wildman–Crippen LogP) is 4.43. The third-order valence-electron chi connectivity index (χ3n) is 4.28. The number of methoxy groups -OCH3 is 2. The van der Waals surface area contributed by atoms with Crippen molar-refractivity contribution >= 4 is 17.7 Å². The molecule has 0 atom stereocenters. The molecule has 2 aromatic heterocycles. The molecule has 0 amide bonds. The molecule has 0 saturated heterocycles. The number of ether oxygens (including phenoxy) is 2. The summed E-state index contributed by atoms with van der Waals surface area (Å²) in [4.78, 5) is 11.8. The molecule has 0 aliphatic carbocycles. The number of rotatable bonds is 9. The van der Waals surface area contributed by atoms with E-state index in [-0.39, 0.29) is 0 Å². The van der Waals surface area contributed by atoms with Gasteiger partial charge in [-0.15, -0.1) is 10.2 Å². The molecule has 28 heavy (non-hydrogen) atoms. The quantitative estimate of drug-likeness (QED) is 0.388. The average molecular weight is 401 g/mol. The lowest BCUT2D eigenvalue weighted by molar-refractivity contribution is 0.0598. The van der Waals surface area contributed by atoms with Crippen LogP contribution < -0.4 is 4.74 Å². The van der Waals surface area contributed by atoms with Gasteiger partial charge in [0, 0.05) is 12.1 Å². The first kappa shape index (κ1) is 20.0. The molecule has 3 aromatic rings. The fourth-order valence-corrected chi connectivity index (χ4v) is 3.66. The van der Waals surface area contributed by atoms with Gasteiger partial charge in [0.15, 0.2) is 11.0 Å². The van der Waals surface area contributed by atoms with E-state index < -0.39 is 5.97 Å². The van der Waals surface area contributed by atoms with Crippen LogP contribution in [-0.4, -0.2) is 35.0 Å². The molecule has 8 heteroatoms. The number of hydrogen-bond donors (Lipinski definition) is 0. The van der Waals surface area contributed by atoms with Crippen LogP contribution in [-0.2, 0) is 17.0 Å². The molecule has 0 N–H and O–H groups in total. The van der Waals surface area contributed by atoms with Gasteiger partial charge < -0.3 is 18.5 Å². The second-order valence-electron chi connectivity index (χ2n) is 6.08. The van der Waals surface area contributed by atoms with Crippen molar-refractivity contribution < 1.29 is 18.7 Å². The molecular formula is C20H23N3O4S. The highest BCUT2D eigenvalue weighted by atomic mass is 32.2. The number of unbranched alkanes of at least 4 members (excludes halogenated alkanes) is 1. The Morgan fingerprint density at radius 3 is 2.64 bits per heavy atom. The van der Waals surface area contributed by atoms with Crippen LogP contribution in [0.15, 0.2) is 46.2 Å². The first-order valence-electron chi connectivity index (χ1n) is 9.03. The van der Waals surface area contributed by atoms with Crippen molar-refractivity contribution in [2.45, 2.75) is 37.2 Å². The highest BCUT2D eigenvalue weighted by Crippen LogP contribution is 2.29. The smallest absolute Gasteiger partial charge is 0.341 e. The van der Waals surface area contributed by atoms with Gasteiger partial charge >= 0.3 is 5.97 Å². The van der Waals surface area contributed by atoms with E-state index in [1.165, 1.54) is 25.1 Å². The van der Waals surface area contributed by atoms with E-state index in [1.807, 2.05) is 24.3 Å². The van der Waals surface area contributed by atoms with Crippen LogP contribution in [0.2, 0.25) is 0 Å². The Morgan fingerprint density at radius 2 is 1.96 bits per heavy atom. The molecule has 0 bridgehead atoms. The van der Waals surface area contributed by atoms with Crippen molar-refractivity contribution in [3.05, 3.63) is 47.9 Å². The minimum atomic E-state index is -0.407. The van der Waals surface area contributed by atoms with Crippen LogP contribution in [0.5, 0.6) is 5.75 Å². The first-order chi connectivity index (χ1) is 13.7. The summed E-state index contributed by atoms with van der Waals surface area (Å²) < 4.78 is 17.6. The van der Waals surface area contributed by atoms with E-state index in [1.54, 1.807) is 13.2 Å². The van der Waals surface area contributed by atoms with Gasteiger partial charge in [-0.2, -0.15) is 0 Å². The summed E-state index contributed by atoms with van der Waals surface area (Å²) >= 11 is 1.48. The normalized spacial score (nSPS) is 10.8. The molecule has 0 saturated carbocycles.